The van der Waals surface area contributed by atoms with E-state index in [9.17, 15) is 0 Å². The molecule has 1 aliphatic rings. The molecule has 0 saturated heterocycles. The van der Waals surface area contributed by atoms with Crippen LogP contribution in [0.15, 0.2) is 265 Å². The van der Waals surface area contributed by atoms with Crippen LogP contribution in [0.5, 0.6) is 0 Å². The van der Waals surface area contributed by atoms with Gasteiger partial charge < -0.3 is 9.32 Å². The fourth-order valence-corrected chi connectivity index (χ4v) is 11.0. The molecule has 11 aromatic carbocycles. The summed E-state index contributed by atoms with van der Waals surface area (Å²) in [4.78, 5) is 2.37. The number of anilines is 3. The number of hydrogen-bond donors (Lipinski definition) is 0. The molecule has 0 bridgehead atoms. The molecule has 0 amide bonds. The van der Waals surface area contributed by atoms with Gasteiger partial charge in [-0.05, 0) is 127 Å². The van der Waals surface area contributed by atoms with E-state index >= 15 is 0 Å². The summed E-state index contributed by atoms with van der Waals surface area (Å²) >= 11 is 0. The van der Waals surface area contributed by atoms with E-state index in [1.807, 2.05) is 0 Å². The minimum Gasteiger partial charge on any atom is -0.455 e. The van der Waals surface area contributed by atoms with Crippen LogP contribution in [0.25, 0.3) is 77.2 Å². The van der Waals surface area contributed by atoms with Gasteiger partial charge in [0.05, 0.1) is 16.5 Å². The molecule has 0 aliphatic heterocycles. The number of para-hydroxylation sites is 1. The molecule has 0 spiro atoms. The Morgan fingerprint density at radius 2 is 0.791 bits per heavy atom. The highest BCUT2D eigenvalue weighted by Crippen LogP contribution is 2.58. The first kappa shape index (κ1) is 38.7. The zero-order valence-corrected chi connectivity index (χ0v) is 36.7. The molecule has 0 atom stereocenters. The van der Waals surface area contributed by atoms with E-state index in [0.29, 0.717) is 0 Å². The molecule has 0 saturated carbocycles. The fourth-order valence-electron chi connectivity index (χ4n) is 11.0. The maximum Gasteiger partial charge on any atom is 0.143 e. The molecular formula is C65H43NO. The highest BCUT2D eigenvalue weighted by atomic mass is 16.3. The zero-order valence-electron chi connectivity index (χ0n) is 36.7. The summed E-state index contributed by atoms with van der Waals surface area (Å²) < 4.78 is 6.98. The van der Waals surface area contributed by atoms with Gasteiger partial charge in [0.2, 0.25) is 0 Å². The molecule has 13 rings (SSSR count). The number of hydrogen-bond acceptors (Lipinski definition) is 2. The lowest BCUT2D eigenvalue weighted by Crippen LogP contribution is -2.28. The van der Waals surface area contributed by atoms with E-state index in [-0.39, 0.29) is 0 Å². The lowest BCUT2D eigenvalue weighted by Gasteiger charge is -2.34. The Balaban J connectivity index is 1.05. The van der Waals surface area contributed by atoms with Crippen molar-refractivity contribution >= 4 is 49.8 Å². The maximum atomic E-state index is 6.98. The maximum absolute atomic E-state index is 6.98. The second-order valence-electron chi connectivity index (χ2n) is 17.6. The number of nitrogens with zero attached hydrogens (tertiary/aromatic N) is 1. The molecule has 12 aromatic rings. The third-order valence-electron chi connectivity index (χ3n) is 13.9. The molecule has 2 heteroatoms. The topological polar surface area (TPSA) is 16.4 Å². The summed E-state index contributed by atoms with van der Waals surface area (Å²) in [5, 5.41) is 4.39. The normalized spacial score (nSPS) is 12.6. The summed E-state index contributed by atoms with van der Waals surface area (Å²) in [5.41, 5.74) is 19.0. The van der Waals surface area contributed by atoms with Gasteiger partial charge in [0.25, 0.3) is 0 Å². The summed E-state index contributed by atoms with van der Waals surface area (Å²) in [6, 6.07) is 95.0. The molecule has 0 N–H and O–H groups in total. The molecule has 314 valence electrons. The summed E-state index contributed by atoms with van der Waals surface area (Å²) in [6.45, 7) is 0. The number of benzene rings is 11. The van der Waals surface area contributed by atoms with Gasteiger partial charge in [0.1, 0.15) is 11.2 Å². The van der Waals surface area contributed by atoms with Crippen molar-refractivity contribution in [1.82, 2.24) is 0 Å². The molecule has 0 radical (unpaired) electrons. The first-order valence-electron chi connectivity index (χ1n) is 23.1. The lowest BCUT2D eigenvalue weighted by atomic mass is 9.67. The van der Waals surface area contributed by atoms with Gasteiger partial charge in [-0.15, -0.1) is 0 Å². The molecule has 0 fully saturated rings. The SMILES string of the molecule is c1ccc(-c2ccc(N(c3ccccc3)c3cccc4oc5c6ccccc6c(-c6ccc7c(c6)C(c6ccccc6)(c6ccccc6)c6cc(-c8ccccc8)ccc6-7)cc5c34)cc2)cc1. The Labute approximate surface area is 390 Å². The molecule has 1 aliphatic carbocycles. The Bertz CT molecular complexity index is 3730. The monoisotopic (exact) mass is 853 g/mol. The third-order valence-corrected chi connectivity index (χ3v) is 13.9. The first-order chi connectivity index (χ1) is 33.2. The average Bonchev–Trinajstić information content (AvgIpc) is 3.94. The first-order valence-corrected chi connectivity index (χ1v) is 23.1. The van der Waals surface area contributed by atoms with E-state index in [0.717, 1.165) is 60.9 Å². The van der Waals surface area contributed by atoms with Crippen molar-refractivity contribution in [2.24, 2.45) is 0 Å². The second kappa shape index (κ2) is 15.8. The van der Waals surface area contributed by atoms with Gasteiger partial charge >= 0.3 is 0 Å². The van der Waals surface area contributed by atoms with E-state index in [1.54, 1.807) is 0 Å². The number of fused-ring (bicyclic) bond motifs is 8. The second-order valence-corrected chi connectivity index (χ2v) is 17.6. The van der Waals surface area contributed by atoms with Gasteiger partial charge in [0.15, 0.2) is 0 Å². The predicted octanol–water partition coefficient (Wildman–Crippen LogP) is 17.6. The molecular weight excluding hydrogens is 811 g/mol. The Kier molecular flexibility index (Phi) is 9.11. The highest BCUT2D eigenvalue weighted by molar-refractivity contribution is 6.22. The minimum absolute atomic E-state index is 0.574. The lowest BCUT2D eigenvalue weighted by molar-refractivity contribution is 0.672. The molecule has 2 nitrogen and oxygen atoms in total. The summed E-state index contributed by atoms with van der Waals surface area (Å²) in [5.74, 6) is 0. The van der Waals surface area contributed by atoms with Crippen molar-refractivity contribution in [3.63, 3.8) is 0 Å². The quantitative estimate of drug-likeness (QED) is 0.151. The van der Waals surface area contributed by atoms with Gasteiger partial charge in [0, 0.05) is 22.1 Å². The van der Waals surface area contributed by atoms with Gasteiger partial charge in [-0.25, -0.2) is 0 Å². The largest absolute Gasteiger partial charge is 0.455 e. The van der Waals surface area contributed by atoms with E-state index in [1.165, 1.54) is 55.6 Å². The van der Waals surface area contributed by atoms with Crippen LogP contribution in [-0.4, -0.2) is 0 Å². The highest BCUT2D eigenvalue weighted by Gasteiger charge is 2.46. The van der Waals surface area contributed by atoms with Gasteiger partial charge in [-0.3, -0.25) is 0 Å². The third kappa shape index (κ3) is 6.18. The smallest absolute Gasteiger partial charge is 0.143 e. The zero-order chi connectivity index (χ0) is 44.3. The minimum atomic E-state index is -0.574. The van der Waals surface area contributed by atoms with Crippen LogP contribution >= 0.6 is 0 Å². The number of rotatable bonds is 8. The van der Waals surface area contributed by atoms with E-state index in [4.69, 9.17) is 4.42 Å². The average molecular weight is 854 g/mol. The molecule has 0 unspecified atom stereocenters. The predicted molar refractivity (Wildman–Crippen MR) is 280 cm³/mol. The Hall–Kier alpha value is -8.72. The Morgan fingerprint density at radius 3 is 1.42 bits per heavy atom. The van der Waals surface area contributed by atoms with Crippen molar-refractivity contribution in [3.05, 3.63) is 283 Å². The van der Waals surface area contributed by atoms with Gasteiger partial charge in [-0.1, -0.05) is 206 Å². The van der Waals surface area contributed by atoms with Crippen LogP contribution in [0.1, 0.15) is 22.3 Å². The Morgan fingerprint density at radius 1 is 0.313 bits per heavy atom. The van der Waals surface area contributed by atoms with E-state index in [2.05, 4.69) is 266 Å². The fraction of sp³-hybridized carbons (Fsp3) is 0.0154. The molecule has 1 heterocycles. The molecule has 1 aromatic heterocycles. The van der Waals surface area contributed by atoms with Crippen molar-refractivity contribution < 1.29 is 4.42 Å². The van der Waals surface area contributed by atoms with E-state index < -0.39 is 5.41 Å². The van der Waals surface area contributed by atoms with Gasteiger partial charge in [-0.2, -0.15) is 0 Å². The van der Waals surface area contributed by atoms with Crippen LogP contribution in [0, 0.1) is 0 Å². The van der Waals surface area contributed by atoms with Crippen LogP contribution in [0.3, 0.4) is 0 Å². The van der Waals surface area contributed by atoms with Crippen molar-refractivity contribution in [3.8, 4) is 44.5 Å². The number of furan rings is 1. The summed E-state index contributed by atoms with van der Waals surface area (Å²) in [6.07, 6.45) is 0. The summed E-state index contributed by atoms with van der Waals surface area (Å²) in [7, 11) is 0. The van der Waals surface area contributed by atoms with Crippen molar-refractivity contribution in [2.45, 2.75) is 5.41 Å². The van der Waals surface area contributed by atoms with Crippen LogP contribution in [0.4, 0.5) is 17.1 Å². The standard InChI is InChI=1S/C65H43NO/c1-6-19-44(20-7-1)46-33-37-52(38-34-46)66(51-27-14-5-15-28-51)61-31-18-32-62-63(61)58-43-57(53-29-16-17-30-56(53)64(58)67-62)48-36-40-55-54-39-35-47(45-21-8-2-9-22-45)41-59(54)65(60(55)42-48,49-23-10-3-11-24-49)50-25-12-4-13-26-50/h1-43H. The molecule has 67 heavy (non-hydrogen) atoms. The van der Waals surface area contributed by atoms with Crippen molar-refractivity contribution in [2.75, 3.05) is 4.90 Å². The van der Waals surface area contributed by atoms with Crippen LogP contribution in [-0.2, 0) is 5.41 Å². The van der Waals surface area contributed by atoms with Crippen LogP contribution < -0.4 is 4.90 Å². The van der Waals surface area contributed by atoms with Crippen molar-refractivity contribution in [1.29, 1.82) is 0 Å². The van der Waals surface area contributed by atoms with Crippen LogP contribution in [0.2, 0.25) is 0 Å².